The summed E-state index contributed by atoms with van der Waals surface area (Å²) in [5.74, 6) is -0.150. The van der Waals surface area contributed by atoms with Gasteiger partial charge in [-0.3, -0.25) is 10.0 Å². The number of ether oxygens (including phenoxy) is 1. The van der Waals surface area contributed by atoms with Gasteiger partial charge in [0.15, 0.2) is 0 Å². The van der Waals surface area contributed by atoms with Crippen LogP contribution in [0.1, 0.15) is 11.7 Å². The summed E-state index contributed by atoms with van der Waals surface area (Å²) in [4.78, 5) is 11.7. The summed E-state index contributed by atoms with van der Waals surface area (Å²) in [5.41, 5.74) is 2.25. The lowest BCUT2D eigenvalue weighted by molar-refractivity contribution is -0.136. The number of amides is 1. The Morgan fingerprint density at radius 3 is 2.32 bits per heavy atom. The molecular weight excluding hydrogens is 266 g/mol. The maximum atomic E-state index is 11.7. The van der Waals surface area contributed by atoms with Gasteiger partial charge in [-0.25, -0.2) is 5.48 Å². The van der Waals surface area contributed by atoms with Gasteiger partial charge in [0.25, 0.3) is 5.91 Å². The molecule has 0 aromatic heterocycles. The highest BCUT2D eigenvalue weighted by atomic mass is 35.5. The van der Waals surface area contributed by atoms with Crippen molar-refractivity contribution in [2.75, 3.05) is 0 Å². The molecule has 2 N–H and O–H groups in total. The number of carbonyl (C=O) groups is 1. The van der Waals surface area contributed by atoms with Gasteiger partial charge < -0.3 is 4.74 Å². The molecule has 5 heteroatoms. The van der Waals surface area contributed by atoms with Gasteiger partial charge in [-0.1, -0.05) is 41.9 Å². The van der Waals surface area contributed by atoms with Crippen molar-refractivity contribution < 1.29 is 14.7 Å². The zero-order valence-corrected chi connectivity index (χ0v) is 10.7. The Morgan fingerprint density at radius 1 is 1.11 bits per heavy atom. The van der Waals surface area contributed by atoms with Crippen LogP contribution in [0.15, 0.2) is 54.6 Å². The van der Waals surface area contributed by atoms with Crippen LogP contribution in [0, 0.1) is 0 Å². The number of halogens is 1. The molecule has 19 heavy (non-hydrogen) atoms. The summed E-state index contributed by atoms with van der Waals surface area (Å²) in [6.07, 6.45) is -0.924. The number of benzene rings is 2. The Labute approximate surface area is 115 Å². The molecule has 0 radical (unpaired) electrons. The van der Waals surface area contributed by atoms with Crippen LogP contribution in [-0.4, -0.2) is 11.1 Å². The third-order valence-electron chi connectivity index (χ3n) is 2.52. The number of rotatable bonds is 4. The third kappa shape index (κ3) is 3.47. The molecule has 0 fully saturated rings. The van der Waals surface area contributed by atoms with Crippen molar-refractivity contribution in [3.63, 3.8) is 0 Å². The Hall–Kier alpha value is -2.04. The molecule has 2 rings (SSSR count). The average Bonchev–Trinajstić information content (AvgIpc) is 2.47. The molecule has 0 heterocycles. The molecule has 0 aliphatic carbocycles. The number of carbonyl (C=O) groups excluding carboxylic acids is 1. The predicted octanol–water partition coefficient (Wildman–Crippen LogP) is 2.97. The van der Waals surface area contributed by atoms with Crippen LogP contribution >= 0.6 is 11.6 Å². The van der Waals surface area contributed by atoms with Gasteiger partial charge in [-0.2, -0.15) is 0 Å². The van der Waals surface area contributed by atoms with E-state index >= 15 is 0 Å². The highest BCUT2D eigenvalue weighted by Gasteiger charge is 2.22. The summed E-state index contributed by atoms with van der Waals surface area (Å²) in [7, 11) is 0. The lowest BCUT2D eigenvalue weighted by Gasteiger charge is -2.17. The van der Waals surface area contributed by atoms with E-state index in [1.54, 1.807) is 54.0 Å². The number of hydrogen-bond donors (Lipinski definition) is 2. The second-order valence-electron chi connectivity index (χ2n) is 3.84. The van der Waals surface area contributed by atoms with E-state index < -0.39 is 12.0 Å². The molecule has 0 aliphatic heterocycles. The molecule has 4 nitrogen and oxygen atoms in total. The predicted molar refractivity (Wildman–Crippen MR) is 71.2 cm³/mol. The number of nitrogens with one attached hydrogen (secondary N) is 1. The van der Waals surface area contributed by atoms with Crippen LogP contribution < -0.4 is 10.2 Å². The van der Waals surface area contributed by atoms with Gasteiger partial charge in [0, 0.05) is 10.6 Å². The Bertz CT molecular complexity index is 542. The van der Waals surface area contributed by atoms with Crippen LogP contribution in [-0.2, 0) is 4.79 Å². The fraction of sp³-hybridized carbons (Fsp3) is 0.0714. The summed E-state index contributed by atoms with van der Waals surface area (Å²) in [6.45, 7) is 0. The first-order valence-electron chi connectivity index (χ1n) is 5.62. The van der Waals surface area contributed by atoms with E-state index in [0.717, 1.165) is 0 Å². The zero-order chi connectivity index (χ0) is 13.7. The molecule has 0 saturated carbocycles. The SMILES string of the molecule is O=C(NO)C(Oc1ccc(Cl)cc1)c1ccccc1. The van der Waals surface area contributed by atoms with E-state index in [9.17, 15) is 4.79 Å². The minimum absolute atomic E-state index is 0.488. The number of hydroxylamine groups is 1. The van der Waals surface area contributed by atoms with Gasteiger partial charge in [0.2, 0.25) is 6.10 Å². The minimum atomic E-state index is -0.924. The fourth-order valence-corrected chi connectivity index (χ4v) is 1.73. The average molecular weight is 278 g/mol. The third-order valence-corrected chi connectivity index (χ3v) is 2.77. The van der Waals surface area contributed by atoms with E-state index in [2.05, 4.69) is 0 Å². The van der Waals surface area contributed by atoms with Crippen molar-refractivity contribution in [1.29, 1.82) is 0 Å². The van der Waals surface area contributed by atoms with E-state index in [0.29, 0.717) is 16.3 Å². The topological polar surface area (TPSA) is 58.6 Å². The van der Waals surface area contributed by atoms with Crippen LogP contribution in [0.2, 0.25) is 5.02 Å². The zero-order valence-electron chi connectivity index (χ0n) is 9.92. The van der Waals surface area contributed by atoms with Crippen molar-refractivity contribution in [2.24, 2.45) is 0 Å². The van der Waals surface area contributed by atoms with Gasteiger partial charge in [0.1, 0.15) is 5.75 Å². The molecule has 1 amide bonds. The summed E-state index contributed by atoms with van der Waals surface area (Å²) in [6, 6.07) is 15.5. The molecule has 0 aliphatic rings. The van der Waals surface area contributed by atoms with Gasteiger partial charge in [-0.05, 0) is 24.3 Å². The van der Waals surface area contributed by atoms with Crippen LogP contribution in [0.5, 0.6) is 5.75 Å². The Kier molecular flexibility index (Phi) is 4.39. The normalized spacial score (nSPS) is 11.7. The quantitative estimate of drug-likeness (QED) is 0.667. The number of hydrogen-bond acceptors (Lipinski definition) is 3. The van der Waals surface area contributed by atoms with E-state index in [4.69, 9.17) is 21.5 Å². The molecule has 98 valence electrons. The fourth-order valence-electron chi connectivity index (χ4n) is 1.61. The maximum absolute atomic E-state index is 11.7. The second kappa shape index (κ2) is 6.22. The molecule has 2 aromatic rings. The molecule has 2 aromatic carbocycles. The van der Waals surface area contributed by atoms with Crippen molar-refractivity contribution in [3.8, 4) is 5.75 Å². The highest BCUT2D eigenvalue weighted by Crippen LogP contribution is 2.23. The monoisotopic (exact) mass is 277 g/mol. The molecule has 1 atom stereocenters. The maximum Gasteiger partial charge on any atom is 0.289 e. The van der Waals surface area contributed by atoms with E-state index in [-0.39, 0.29) is 0 Å². The minimum Gasteiger partial charge on any atom is -0.476 e. The smallest absolute Gasteiger partial charge is 0.289 e. The van der Waals surface area contributed by atoms with Crippen molar-refractivity contribution >= 4 is 17.5 Å². The first-order chi connectivity index (χ1) is 9.20. The van der Waals surface area contributed by atoms with Gasteiger partial charge in [0.05, 0.1) is 0 Å². The van der Waals surface area contributed by atoms with Crippen LogP contribution in [0.25, 0.3) is 0 Å². The standard InChI is InChI=1S/C14H12ClNO3/c15-11-6-8-12(9-7-11)19-13(14(17)16-18)10-4-2-1-3-5-10/h1-9,13,18H,(H,16,17). The molecule has 1 unspecified atom stereocenters. The lowest BCUT2D eigenvalue weighted by Crippen LogP contribution is -2.29. The van der Waals surface area contributed by atoms with E-state index in [1.165, 1.54) is 0 Å². The van der Waals surface area contributed by atoms with Crippen molar-refractivity contribution in [3.05, 3.63) is 65.2 Å². The second-order valence-corrected chi connectivity index (χ2v) is 4.27. The van der Waals surface area contributed by atoms with Crippen LogP contribution in [0.4, 0.5) is 0 Å². The van der Waals surface area contributed by atoms with Gasteiger partial charge in [-0.15, -0.1) is 0 Å². The Balaban J connectivity index is 2.24. The molecular formula is C14H12ClNO3. The first kappa shape index (κ1) is 13.4. The summed E-state index contributed by atoms with van der Waals surface area (Å²) >= 11 is 5.78. The van der Waals surface area contributed by atoms with Crippen molar-refractivity contribution in [2.45, 2.75) is 6.10 Å². The summed E-state index contributed by atoms with van der Waals surface area (Å²) in [5, 5.41) is 9.37. The summed E-state index contributed by atoms with van der Waals surface area (Å²) < 4.78 is 5.58. The van der Waals surface area contributed by atoms with Gasteiger partial charge >= 0.3 is 0 Å². The largest absolute Gasteiger partial charge is 0.476 e. The Morgan fingerprint density at radius 2 is 1.74 bits per heavy atom. The lowest BCUT2D eigenvalue weighted by atomic mass is 10.1. The van der Waals surface area contributed by atoms with Crippen LogP contribution in [0.3, 0.4) is 0 Å². The highest BCUT2D eigenvalue weighted by molar-refractivity contribution is 6.30. The van der Waals surface area contributed by atoms with Crippen molar-refractivity contribution in [1.82, 2.24) is 5.48 Å². The molecule has 0 spiro atoms. The molecule has 0 bridgehead atoms. The molecule has 0 saturated heterocycles. The first-order valence-corrected chi connectivity index (χ1v) is 5.99. The van der Waals surface area contributed by atoms with E-state index in [1.807, 2.05) is 6.07 Å².